The van der Waals surface area contributed by atoms with E-state index in [2.05, 4.69) is 14.8 Å². The second-order valence-electron chi connectivity index (χ2n) is 4.18. The van der Waals surface area contributed by atoms with Gasteiger partial charge in [0.05, 0.1) is 18.7 Å². The summed E-state index contributed by atoms with van der Waals surface area (Å²) in [4.78, 5) is 16.9. The van der Waals surface area contributed by atoms with Crippen LogP contribution in [0.2, 0.25) is 0 Å². The lowest BCUT2D eigenvalue weighted by atomic mass is 9.93. The number of hydrogen-bond donors (Lipinski definition) is 4. The molecule has 0 aliphatic carbocycles. The number of aromatic nitrogens is 3. The zero-order valence-electron chi connectivity index (χ0n) is 11.1. The number of phosphoric acid groups is 1. The van der Waals surface area contributed by atoms with Gasteiger partial charge in [0.15, 0.2) is 5.75 Å². The van der Waals surface area contributed by atoms with Crippen LogP contribution >= 0.6 is 7.82 Å². The Kier molecular flexibility index (Phi) is 6.31. The summed E-state index contributed by atoms with van der Waals surface area (Å²) in [6.45, 7) is -0.589. The number of hydrogen-bond acceptors (Lipinski definition) is 7. The number of nitrogens with zero attached hydrogens (tertiary/aromatic N) is 3. The van der Waals surface area contributed by atoms with Crippen LogP contribution in [0.4, 0.5) is 13.2 Å². The molecule has 0 saturated heterocycles. The van der Waals surface area contributed by atoms with Gasteiger partial charge in [-0.2, -0.15) is 13.2 Å². The molecule has 0 amide bonds. The lowest BCUT2D eigenvalue weighted by Crippen LogP contribution is -2.33. The Labute approximate surface area is 127 Å². The Hall–Kier alpha value is -1.03. The fraction of sp³-hybridized carbons (Fsp3) is 0.667. The van der Waals surface area contributed by atoms with Gasteiger partial charge in [0, 0.05) is 6.20 Å². The van der Waals surface area contributed by atoms with Crippen LogP contribution in [-0.2, 0) is 32.0 Å². The maximum atomic E-state index is 12.0. The fourth-order valence-corrected chi connectivity index (χ4v) is 2.60. The molecule has 0 spiro atoms. The van der Waals surface area contributed by atoms with Crippen molar-refractivity contribution in [3.05, 3.63) is 11.9 Å². The lowest BCUT2D eigenvalue weighted by Gasteiger charge is -2.08. The first-order valence-electron chi connectivity index (χ1n) is 5.61. The highest BCUT2D eigenvalue weighted by atomic mass is 32.2. The van der Waals surface area contributed by atoms with Gasteiger partial charge < -0.3 is 19.3 Å². The van der Waals surface area contributed by atoms with Crippen LogP contribution in [0.1, 0.15) is 5.69 Å². The van der Waals surface area contributed by atoms with E-state index in [4.69, 9.17) is 9.79 Å². The topological polar surface area (TPSA) is 164 Å². The maximum absolute atomic E-state index is 12.0. The largest absolute Gasteiger partial charge is 0.486 e. The van der Waals surface area contributed by atoms with Crippen molar-refractivity contribution in [1.82, 2.24) is 19.7 Å². The van der Waals surface area contributed by atoms with Gasteiger partial charge in [-0.1, -0.05) is 5.21 Å². The van der Waals surface area contributed by atoms with Crippen LogP contribution in [0, 0.1) is 0 Å². The molecule has 0 unspecified atom stereocenters. The number of alkyl halides is 3. The molecule has 0 atom stereocenters. The SMILES string of the molecule is O=P(O)(O)OB(O)Cn1cc(CNS(=O)(=O)CC(F)(F)F)nn1. The predicted octanol–water partition coefficient (Wildman–Crippen LogP) is -1.61. The van der Waals surface area contributed by atoms with Crippen LogP contribution in [0.5, 0.6) is 0 Å². The molecule has 1 rings (SSSR count). The van der Waals surface area contributed by atoms with Crippen LogP contribution in [0.25, 0.3) is 0 Å². The third-order valence-corrected chi connectivity index (χ3v) is 3.82. The molecule has 0 saturated carbocycles. The molecule has 0 bridgehead atoms. The summed E-state index contributed by atoms with van der Waals surface area (Å²) in [6, 6.07) is 0. The van der Waals surface area contributed by atoms with E-state index in [1.165, 1.54) is 0 Å². The predicted molar refractivity (Wildman–Crippen MR) is 67.8 cm³/mol. The van der Waals surface area contributed by atoms with E-state index >= 15 is 0 Å². The molecule has 132 valence electrons. The number of halogens is 3. The summed E-state index contributed by atoms with van der Waals surface area (Å²) in [5.41, 5.74) is -0.0841. The molecule has 11 nitrogen and oxygen atoms in total. The average Bonchev–Trinajstić information content (AvgIpc) is 2.68. The zero-order valence-corrected chi connectivity index (χ0v) is 12.8. The summed E-state index contributed by atoms with van der Waals surface area (Å²) in [5.74, 6) is -2.05. The van der Waals surface area contributed by atoms with Gasteiger partial charge in [-0.15, -0.1) is 5.10 Å². The summed E-state index contributed by atoms with van der Waals surface area (Å²) < 4.78 is 75.2. The molecule has 23 heavy (non-hydrogen) atoms. The second-order valence-corrected chi connectivity index (χ2v) is 7.18. The minimum absolute atomic E-state index is 0.0841. The molecule has 0 aliphatic rings. The van der Waals surface area contributed by atoms with Gasteiger partial charge in [-0.05, 0) is 0 Å². The Bertz CT molecular complexity index is 676. The number of rotatable bonds is 8. The van der Waals surface area contributed by atoms with Crippen molar-refractivity contribution in [3.63, 3.8) is 0 Å². The first kappa shape index (κ1) is 20.0. The van der Waals surface area contributed by atoms with E-state index in [9.17, 15) is 31.2 Å². The number of sulfonamides is 1. The van der Waals surface area contributed by atoms with Crippen molar-refractivity contribution >= 4 is 25.0 Å². The highest BCUT2D eigenvalue weighted by Gasteiger charge is 2.35. The first-order valence-corrected chi connectivity index (χ1v) is 8.79. The molecule has 0 aromatic carbocycles. The Morgan fingerprint density at radius 2 is 2.04 bits per heavy atom. The van der Waals surface area contributed by atoms with Crippen molar-refractivity contribution in [2.24, 2.45) is 0 Å². The highest BCUT2D eigenvalue weighted by molar-refractivity contribution is 7.89. The summed E-state index contributed by atoms with van der Waals surface area (Å²) in [7, 11) is -11.4. The molecule has 4 N–H and O–H groups in total. The van der Waals surface area contributed by atoms with Crippen molar-refractivity contribution in [2.45, 2.75) is 19.2 Å². The molecule has 0 fully saturated rings. The normalized spacial score (nSPS) is 13.3. The van der Waals surface area contributed by atoms with E-state index < -0.39 is 49.9 Å². The monoisotopic (exact) mass is 382 g/mol. The quantitative estimate of drug-likeness (QED) is 0.306. The van der Waals surface area contributed by atoms with Gasteiger partial charge in [-0.25, -0.2) is 17.7 Å². The van der Waals surface area contributed by atoms with E-state index in [1.807, 2.05) is 0 Å². The third-order valence-electron chi connectivity index (χ3n) is 2.02. The summed E-state index contributed by atoms with van der Waals surface area (Å²) >= 11 is 0. The average molecular weight is 382 g/mol. The van der Waals surface area contributed by atoms with Crippen LogP contribution < -0.4 is 4.72 Å². The van der Waals surface area contributed by atoms with Crippen molar-refractivity contribution in [1.29, 1.82) is 0 Å². The van der Waals surface area contributed by atoms with Crippen LogP contribution in [0.3, 0.4) is 0 Å². The third kappa shape index (κ3) is 9.00. The van der Waals surface area contributed by atoms with E-state index in [0.717, 1.165) is 10.9 Å². The van der Waals surface area contributed by atoms with Gasteiger partial charge in [0.1, 0.15) is 0 Å². The van der Waals surface area contributed by atoms with Crippen LogP contribution in [0.15, 0.2) is 6.20 Å². The smallest absolute Gasteiger partial charge is 0.425 e. The van der Waals surface area contributed by atoms with Gasteiger partial charge >= 0.3 is 21.1 Å². The Morgan fingerprint density at radius 1 is 1.43 bits per heavy atom. The molecule has 1 aromatic heterocycles. The standard InChI is InChI=1S/C6H11BF3N4O7PS/c8-6(9,10)3-23(19,20)11-1-5-2-14(13-12-5)4-7(15)21-22(16,17)18/h2,11,15H,1,3-4H2,(H2,16,17,18). The van der Waals surface area contributed by atoms with Crippen LogP contribution in [-0.4, -0.2) is 57.3 Å². The zero-order chi connectivity index (χ0) is 17.9. The van der Waals surface area contributed by atoms with E-state index in [0.29, 0.717) is 0 Å². The van der Waals surface area contributed by atoms with Crippen molar-refractivity contribution < 1.29 is 45.4 Å². The van der Waals surface area contributed by atoms with Gasteiger partial charge in [0.25, 0.3) is 0 Å². The minimum Gasteiger partial charge on any atom is -0.425 e. The molecule has 0 aliphatic heterocycles. The van der Waals surface area contributed by atoms with E-state index in [-0.39, 0.29) is 5.69 Å². The molecule has 0 radical (unpaired) electrons. The van der Waals surface area contributed by atoms with E-state index in [1.54, 1.807) is 4.72 Å². The lowest BCUT2D eigenvalue weighted by molar-refractivity contribution is -0.106. The molecular formula is C6H11BF3N4O7PS. The molecule has 17 heteroatoms. The number of nitrogens with one attached hydrogen (secondary N) is 1. The first-order chi connectivity index (χ1) is 10.3. The Balaban J connectivity index is 2.56. The van der Waals surface area contributed by atoms with Crippen molar-refractivity contribution in [3.8, 4) is 0 Å². The van der Waals surface area contributed by atoms with Gasteiger partial charge in [-0.3, -0.25) is 4.68 Å². The minimum atomic E-state index is -4.92. The van der Waals surface area contributed by atoms with Crippen molar-refractivity contribution in [2.75, 3.05) is 5.75 Å². The summed E-state index contributed by atoms with van der Waals surface area (Å²) in [5, 5.41) is 16.0. The maximum Gasteiger partial charge on any atom is 0.486 e. The molecule has 1 heterocycles. The highest BCUT2D eigenvalue weighted by Crippen LogP contribution is 2.36. The molecular weight excluding hydrogens is 371 g/mol. The Morgan fingerprint density at radius 3 is 2.57 bits per heavy atom. The fourth-order valence-electron chi connectivity index (χ4n) is 1.31. The van der Waals surface area contributed by atoms with Gasteiger partial charge in [0.2, 0.25) is 10.0 Å². The second kappa shape index (κ2) is 7.25. The summed E-state index contributed by atoms with van der Waals surface area (Å²) in [6.07, 6.45) is -4.40. The molecule has 1 aromatic rings.